The van der Waals surface area contributed by atoms with Gasteiger partial charge in [-0.1, -0.05) is 0 Å². The average Bonchev–Trinajstić information content (AvgIpc) is 2.12. The molecule has 4 N–H and O–H groups in total. The molecule has 0 aliphatic carbocycles. The zero-order chi connectivity index (χ0) is 13.9. The molecule has 1 aromatic carbocycles. The number of nitrogens with two attached hydrogens (primary N) is 1. The van der Waals surface area contributed by atoms with Crippen molar-refractivity contribution in [2.75, 3.05) is 11.1 Å². The Labute approximate surface area is 105 Å². The number of aryl methyl sites for hydroxylation is 1. The molecular formula is C12H16N2O4. The second-order valence-electron chi connectivity index (χ2n) is 4.14. The Morgan fingerprint density at radius 3 is 2.50 bits per heavy atom. The molecule has 6 heteroatoms. The lowest BCUT2D eigenvalue weighted by Crippen LogP contribution is -2.20. The third-order valence-corrected chi connectivity index (χ3v) is 2.15. The predicted molar refractivity (Wildman–Crippen MR) is 67.8 cm³/mol. The number of hydrogen-bond donors (Lipinski definition) is 3. The van der Waals surface area contributed by atoms with Crippen molar-refractivity contribution in [1.29, 1.82) is 0 Å². The number of carboxylic acid groups (broad SMARTS) is 1. The topological polar surface area (TPSA) is 102 Å². The summed E-state index contributed by atoms with van der Waals surface area (Å²) < 4.78 is 4.88. The third kappa shape index (κ3) is 3.38. The Bertz CT molecular complexity index is 483. The van der Waals surface area contributed by atoms with Crippen molar-refractivity contribution in [1.82, 2.24) is 0 Å². The van der Waals surface area contributed by atoms with E-state index >= 15 is 0 Å². The van der Waals surface area contributed by atoms with Gasteiger partial charge >= 0.3 is 12.1 Å². The highest BCUT2D eigenvalue weighted by Crippen LogP contribution is 2.24. The SMILES string of the molecule is Cc1cc(N)cc(NC(=O)OC(C)C)c1C(=O)O. The summed E-state index contributed by atoms with van der Waals surface area (Å²) in [6.45, 7) is 5.00. The number of carbonyl (C=O) groups excluding carboxylic acids is 1. The fourth-order valence-electron chi connectivity index (χ4n) is 1.55. The molecule has 0 atom stereocenters. The second kappa shape index (κ2) is 5.39. The summed E-state index contributed by atoms with van der Waals surface area (Å²) in [4.78, 5) is 22.6. The molecule has 0 saturated heterocycles. The van der Waals surface area contributed by atoms with Crippen LogP contribution in [0.15, 0.2) is 12.1 Å². The van der Waals surface area contributed by atoms with Crippen LogP contribution in [0.1, 0.15) is 29.8 Å². The van der Waals surface area contributed by atoms with Gasteiger partial charge in [0.1, 0.15) is 0 Å². The molecule has 0 aromatic heterocycles. The van der Waals surface area contributed by atoms with Crippen molar-refractivity contribution in [3.8, 4) is 0 Å². The average molecular weight is 252 g/mol. The first-order valence-corrected chi connectivity index (χ1v) is 5.42. The molecule has 0 aliphatic heterocycles. The van der Waals surface area contributed by atoms with Crippen LogP contribution in [-0.4, -0.2) is 23.3 Å². The maximum atomic E-state index is 11.5. The summed E-state index contributed by atoms with van der Waals surface area (Å²) in [5, 5.41) is 11.5. The third-order valence-electron chi connectivity index (χ3n) is 2.15. The van der Waals surface area contributed by atoms with E-state index < -0.39 is 12.1 Å². The largest absolute Gasteiger partial charge is 0.478 e. The zero-order valence-electron chi connectivity index (χ0n) is 10.5. The second-order valence-corrected chi connectivity index (χ2v) is 4.14. The molecule has 1 amide bonds. The molecule has 1 aromatic rings. The first-order chi connectivity index (χ1) is 8.31. The van der Waals surface area contributed by atoms with E-state index in [1.165, 1.54) is 12.1 Å². The van der Waals surface area contributed by atoms with Crippen LogP contribution in [-0.2, 0) is 4.74 Å². The highest BCUT2D eigenvalue weighted by Gasteiger charge is 2.17. The molecule has 0 unspecified atom stereocenters. The summed E-state index contributed by atoms with van der Waals surface area (Å²) in [7, 11) is 0. The number of amides is 1. The number of hydrogen-bond acceptors (Lipinski definition) is 4. The van der Waals surface area contributed by atoms with Crippen molar-refractivity contribution in [3.63, 3.8) is 0 Å². The van der Waals surface area contributed by atoms with Crippen LogP contribution < -0.4 is 11.1 Å². The number of carboxylic acids is 1. The van der Waals surface area contributed by atoms with Crippen molar-refractivity contribution in [3.05, 3.63) is 23.3 Å². The van der Waals surface area contributed by atoms with Gasteiger partial charge in [-0.3, -0.25) is 5.32 Å². The van der Waals surface area contributed by atoms with Gasteiger partial charge in [-0.15, -0.1) is 0 Å². The van der Waals surface area contributed by atoms with Gasteiger partial charge in [0.05, 0.1) is 17.4 Å². The van der Waals surface area contributed by atoms with E-state index in [0.717, 1.165) is 0 Å². The van der Waals surface area contributed by atoms with Crippen LogP contribution in [0.5, 0.6) is 0 Å². The number of ether oxygens (including phenoxy) is 1. The van der Waals surface area contributed by atoms with Crippen LogP contribution in [0.4, 0.5) is 16.2 Å². The minimum atomic E-state index is -1.13. The standard InChI is InChI=1S/C12H16N2O4/c1-6(2)18-12(17)14-9-5-8(13)4-7(3)10(9)11(15)16/h4-6H,13H2,1-3H3,(H,14,17)(H,15,16). The molecular weight excluding hydrogens is 236 g/mol. The van der Waals surface area contributed by atoms with E-state index in [0.29, 0.717) is 11.3 Å². The van der Waals surface area contributed by atoms with Gasteiger partial charge in [-0.2, -0.15) is 0 Å². The molecule has 0 spiro atoms. The highest BCUT2D eigenvalue weighted by molar-refractivity contribution is 6.00. The Morgan fingerprint density at radius 2 is 2.00 bits per heavy atom. The van der Waals surface area contributed by atoms with Gasteiger partial charge in [0, 0.05) is 5.69 Å². The number of anilines is 2. The van der Waals surface area contributed by atoms with E-state index in [-0.39, 0.29) is 17.4 Å². The summed E-state index contributed by atoms with van der Waals surface area (Å²) in [5.41, 5.74) is 6.60. The smallest absolute Gasteiger partial charge is 0.411 e. The molecule has 98 valence electrons. The van der Waals surface area contributed by atoms with Crippen molar-refractivity contribution < 1.29 is 19.4 Å². The van der Waals surface area contributed by atoms with E-state index in [1.54, 1.807) is 20.8 Å². The van der Waals surface area contributed by atoms with Gasteiger partial charge in [0.25, 0.3) is 0 Å². The quantitative estimate of drug-likeness (QED) is 0.716. The summed E-state index contributed by atoms with van der Waals surface area (Å²) >= 11 is 0. The van der Waals surface area contributed by atoms with E-state index in [2.05, 4.69) is 5.32 Å². The lowest BCUT2D eigenvalue weighted by molar-refractivity contribution is 0.0697. The summed E-state index contributed by atoms with van der Waals surface area (Å²) in [5.74, 6) is -1.13. The number of benzene rings is 1. The fraction of sp³-hybridized carbons (Fsp3) is 0.333. The van der Waals surface area contributed by atoms with Gasteiger partial charge in [0.15, 0.2) is 0 Å². The molecule has 0 radical (unpaired) electrons. The van der Waals surface area contributed by atoms with E-state index in [4.69, 9.17) is 15.6 Å². The molecule has 0 fully saturated rings. The Hall–Kier alpha value is -2.24. The van der Waals surface area contributed by atoms with Crippen LogP contribution in [0.25, 0.3) is 0 Å². The lowest BCUT2D eigenvalue weighted by atomic mass is 10.1. The predicted octanol–water partition coefficient (Wildman–Crippen LogP) is 2.23. The minimum Gasteiger partial charge on any atom is -0.478 e. The molecule has 0 heterocycles. The maximum Gasteiger partial charge on any atom is 0.411 e. The van der Waals surface area contributed by atoms with E-state index in [9.17, 15) is 9.59 Å². The first kappa shape index (κ1) is 13.8. The number of rotatable bonds is 3. The van der Waals surface area contributed by atoms with Gasteiger partial charge in [-0.05, 0) is 38.5 Å². The van der Waals surface area contributed by atoms with Gasteiger partial charge in [-0.25, -0.2) is 9.59 Å². The minimum absolute atomic E-state index is 0.00454. The number of nitrogens with one attached hydrogen (secondary N) is 1. The Kier molecular flexibility index (Phi) is 4.14. The monoisotopic (exact) mass is 252 g/mol. The van der Waals surface area contributed by atoms with Crippen molar-refractivity contribution in [2.24, 2.45) is 0 Å². The molecule has 18 heavy (non-hydrogen) atoms. The van der Waals surface area contributed by atoms with Gasteiger partial charge in [0.2, 0.25) is 0 Å². The van der Waals surface area contributed by atoms with E-state index in [1.807, 2.05) is 0 Å². The Balaban J connectivity index is 3.07. The van der Waals surface area contributed by atoms with Crippen molar-refractivity contribution >= 4 is 23.4 Å². The number of nitrogen functional groups attached to an aromatic ring is 1. The maximum absolute atomic E-state index is 11.5. The summed E-state index contributed by atoms with van der Waals surface area (Å²) in [6, 6.07) is 2.92. The van der Waals surface area contributed by atoms with Crippen molar-refractivity contribution in [2.45, 2.75) is 26.9 Å². The highest BCUT2D eigenvalue weighted by atomic mass is 16.6. The summed E-state index contributed by atoms with van der Waals surface area (Å²) in [6.07, 6.45) is -1.00. The van der Waals surface area contributed by atoms with Crippen LogP contribution in [0.3, 0.4) is 0 Å². The molecule has 1 rings (SSSR count). The number of carbonyl (C=O) groups is 2. The van der Waals surface area contributed by atoms with Crippen LogP contribution >= 0.6 is 0 Å². The lowest BCUT2D eigenvalue weighted by Gasteiger charge is -2.13. The molecule has 0 bridgehead atoms. The Morgan fingerprint density at radius 1 is 1.39 bits per heavy atom. The van der Waals surface area contributed by atoms with Crippen LogP contribution in [0.2, 0.25) is 0 Å². The van der Waals surface area contributed by atoms with Gasteiger partial charge < -0.3 is 15.6 Å². The first-order valence-electron chi connectivity index (χ1n) is 5.42. The molecule has 6 nitrogen and oxygen atoms in total. The number of aromatic carboxylic acids is 1. The fourth-order valence-corrected chi connectivity index (χ4v) is 1.55. The molecule has 0 aliphatic rings. The normalized spacial score (nSPS) is 10.2. The zero-order valence-corrected chi connectivity index (χ0v) is 10.5. The molecule has 0 saturated carbocycles. The van der Waals surface area contributed by atoms with Crippen LogP contribution in [0, 0.1) is 6.92 Å².